The lowest BCUT2D eigenvalue weighted by Gasteiger charge is -2.16. The molecular formula is C20H23Cl2N5O. The lowest BCUT2D eigenvalue weighted by atomic mass is 10.1. The van der Waals surface area contributed by atoms with Crippen molar-refractivity contribution < 1.29 is 4.79 Å². The van der Waals surface area contributed by atoms with E-state index in [0.717, 1.165) is 23.5 Å². The molecule has 2 heterocycles. The van der Waals surface area contributed by atoms with Gasteiger partial charge in [0.05, 0.1) is 34.5 Å². The summed E-state index contributed by atoms with van der Waals surface area (Å²) in [6.07, 6.45) is 1.77. The Hall–Kier alpha value is -2.31. The molecule has 0 aliphatic heterocycles. The maximum atomic E-state index is 12.7. The van der Waals surface area contributed by atoms with E-state index in [9.17, 15) is 4.79 Å². The van der Waals surface area contributed by atoms with Crippen LogP contribution >= 0.6 is 23.2 Å². The largest absolute Gasteiger partial charge is 0.336 e. The van der Waals surface area contributed by atoms with Crippen LogP contribution in [0.25, 0.3) is 0 Å². The normalized spacial score (nSPS) is 11.1. The van der Waals surface area contributed by atoms with Crippen molar-refractivity contribution in [1.29, 1.82) is 0 Å². The molecule has 6 nitrogen and oxygen atoms in total. The van der Waals surface area contributed by atoms with Crippen LogP contribution in [-0.2, 0) is 19.6 Å². The first-order valence-electron chi connectivity index (χ1n) is 9.05. The third-order valence-corrected chi connectivity index (χ3v) is 5.53. The Morgan fingerprint density at radius 3 is 2.36 bits per heavy atom. The van der Waals surface area contributed by atoms with Gasteiger partial charge in [-0.05, 0) is 38.5 Å². The third-order valence-electron chi connectivity index (χ3n) is 4.67. The van der Waals surface area contributed by atoms with E-state index in [4.69, 9.17) is 23.2 Å². The molecule has 0 saturated heterocycles. The highest BCUT2D eigenvalue weighted by Gasteiger charge is 2.16. The van der Waals surface area contributed by atoms with Crippen LogP contribution < -0.4 is 0 Å². The van der Waals surface area contributed by atoms with Gasteiger partial charge in [0.2, 0.25) is 0 Å². The number of hydrogen-bond acceptors (Lipinski definition) is 3. The van der Waals surface area contributed by atoms with E-state index >= 15 is 0 Å². The molecule has 0 aliphatic carbocycles. The second-order valence-electron chi connectivity index (χ2n) is 6.78. The maximum Gasteiger partial charge on any atom is 0.253 e. The molecule has 0 fully saturated rings. The average Bonchev–Trinajstić information content (AvgIpc) is 3.16. The van der Waals surface area contributed by atoms with Gasteiger partial charge in [-0.3, -0.25) is 14.2 Å². The Kier molecular flexibility index (Phi) is 6.10. The highest BCUT2D eigenvalue weighted by molar-refractivity contribution is 6.31. The number of rotatable bonds is 6. The highest BCUT2D eigenvalue weighted by atomic mass is 35.5. The Labute approximate surface area is 174 Å². The highest BCUT2D eigenvalue weighted by Crippen LogP contribution is 2.20. The summed E-state index contributed by atoms with van der Waals surface area (Å²) in [6.45, 7) is 7.52. The van der Waals surface area contributed by atoms with Crippen molar-refractivity contribution in [2.24, 2.45) is 0 Å². The standard InChI is InChI=1S/C20H23Cl2N5O/c1-5-26-11-17(21)18(24-26)12-25(4)20(28)16-8-6-15(7-9-16)10-27-14(3)19(22)13(2)23-27/h6-9,11H,5,10,12H2,1-4H3. The summed E-state index contributed by atoms with van der Waals surface area (Å²) < 4.78 is 3.63. The molecule has 0 spiro atoms. The lowest BCUT2D eigenvalue weighted by Crippen LogP contribution is -2.26. The van der Waals surface area contributed by atoms with E-state index in [2.05, 4.69) is 10.2 Å². The van der Waals surface area contributed by atoms with E-state index in [-0.39, 0.29) is 5.91 Å². The number of nitrogens with zero attached hydrogens (tertiary/aromatic N) is 5. The zero-order chi connectivity index (χ0) is 20.4. The first-order chi connectivity index (χ1) is 13.3. The fraction of sp³-hybridized carbons (Fsp3) is 0.350. The molecule has 28 heavy (non-hydrogen) atoms. The molecule has 1 aromatic carbocycles. The van der Waals surface area contributed by atoms with Gasteiger partial charge in [0.1, 0.15) is 5.69 Å². The summed E-state index contributed by atoms with van der Waals surface area (Å²) in [4.78, 5) is 14.3. The number of amides is 1. The summed E-state index contributed by atoms with van der Waals surface area (Å²) in [5.41, 5.74) is 4.10. The van der Waals surface area contributed by atoms with Crippen LogP contribution in [0.4, 0.5) is 0 Å². The first-order valence-corrected chi connectivity index (χ1v) is 9.81. The monoisotopic (exact) mass is 419 g/mol. The number of halogens is 2. The van der Waals surface area contributed by atoms with Crippen molar-refractivity contribution in [3.05, 3.63) is 68.7 Å². The molecule has 0 atom stereocenters. The zero-order valence-corrected chi connectivity index (χ0v) is 17.9. The molecule has 3 aromatic rings. The van der Waals surface area contributed by atoms with Crippen molar-refractivity contribution in [2.45, 2.75) is 40.4 Å². The molecule has 0 N–H and O–H groups in total. The van der Waals surface area contributed by atoms with Crippen molar-refractivity contribution in [1.82, 2.24) is 24.5 Å². The number of aryl methyl sites for hydroxylation is 2. The van der Waals surface area contributed by atoms with Gasteiger partial charge in [-0.2, -0.15) is 10.2 Å². The molecule has 0 bridgehead atoms. The molecule has 8 heteroatoms. The fourth-order valence-corrected chi connectivity index (χ4v) is 3.32. The molecule has 0 aliphatic rings. The minimum atomic E-state index is -0.0807. The summed E-state index contributed by atoms with van der Waals surface area (Å²) in [5, 5.41) is 10.1. The van der Waals surface area contributed by atoms with Crippen LogP contribution in [0.15, 0.2) is 30.5 Å². The third kappa shape index (κ3) is 4.23. The van der Waals surface area contributed by atoms with Gasteiger partial charge in [0.15, 0.2) is 0 Å². The second kappa shape index (κ2) is 8.37. The van der Waals surface area contributed by atoms with Crippen molar-refractivity contribution in [3.63, 3.8) is 0 Å². The summed E-state index contributed by atoms with van der Waals surface area (Å²) in [6, 6.07) is 7.52. The molecule has 2 aromatic heterocycles. The molecule has 0 saturated carbocycles. The van der Waals surface area contributed by atoms with Gasteiger partial charge in [0.25, 0.3) is 5.91 Å². The molecule has 0 radical (unpaired) electrons. The molecule has 3 rings (SSSR count). The van der Waals surface area contributed by atoms with Gasteiger partial charge >= 0.3 is 0 Å². The van der Waals surface area contributed by atoms with Crippen LogP contribution in [0.2, 0.25) is 10.0 Å². The SMILES string of the molecule is CCn1cc(Cl)c(CN(C)C(=O)c2ccc(Cn3nc(C)c(Cl)c3C)cc2)n1. The van der Waals surface area contributed by atoms with E-state index in [1.165, 1.54) is 0 Å². The van der Waals surface area contributed by atoms with Crippen LogP contribution in [-0.4, -0.2) is 37.4 Å². The lowest BCUT2D eigenvalue weighted by molar-refractivity contribution is 0.0783. The Bertz CT molecular complexity index is 991. The Balaban J connectivity index is 1.68. The fourth-order valence-electron chi connectivity index (χ4n) is 2.98. The van der Waals surface area contributed by atoms with Crippen molar-refractivity contribution in [3.8, 4) is 0 Å². The predicted octanol–water partition coefficient (Wildman–Crippen LogP) is 4.34. The van der Waals surface area contributed by atoms with E-state index in [1.54, 1.807) is 22.8 Å². The molecular weight excluding hydrogens is 397 g/mol. The van der Waals surface area contributed by atoms with Crippen LogP contribution in [0.5, 0.6) is 0 Å². The summed E-state index contributed by atoms with van der Waals surface area (Å²) >= 11 is 12.4. The van der Waals surface area contributed by atoms with Gasteiger partial charge in [0, 0.05) is 25.4 Å². The molecule has 148 valence electrons. The Morgan fingerprint density at radius 2 is 1.82 bits per heavy atom. The van der Waals surface area contributed by atoms with Crippen LogP contribution in [0.3, 0.4) is 0 Å². The quantitative estimate of drug-likeness (QED) is 0.596. The number of hydrogen-bond donors (Lipinski definition) is 0. The second-order valence-corrected chi connectivity index (χ2v) is 7.57. The number of carbonyl (C=O) groups is 1. The minimum absolute atomic E-state index is 0.0807. The van der Waals surface area contributed by atoms with Gasteiger partial charge < -0.3 is 4.90 Å². The van der Waals surface area contributed by atoms with Gasteiger partial charge in [-0.25, -0.2) is 0 Å². The molecule has 1 amide bonds. The van der Waals surface area contributed by atoms with E-state index in [0.29, 0.717) is 34.4 Å². The topological polar surface area (TPSA) is 56.0 Å². The number of aromatic nitrogens is 4. The zero-order valence-electron chi connectivity index (χ0n) is 16.4. The van der Waals surface area contributed by atoms with E-state index < -0.39 is 0 Å². The Morgan fingerprint density at radius 1 is 1.14 bits per heavy atom. The van der Waals surface area contributed by atoms with Crippen LogP contribution in [0, 0.1) is 13.8 Å². The van der Waals surface area contributed by atoms with E-state index in [1.807, 2.05) is 49.7 Å². The average molecular weight is 420 g/mol. The number of benzene rings is 1. The minimum Gasteiger partial charge on any atom is -0.336 e. The first kappa shape index (κ1) is 20.4. The summed E-state index contributed by atoms with van der Waals surface area (Å²) in [7, 11) is 1.75. The summed E-state index contributed by atoms with van der Waals surface area (Å²) in [5.74, 6) is -0.0807. The van der Waals surface area contributed by atoms with Crippen molar-refractivity contribution in [2.75, 3.05) is 7.05 Å². The van der Waals surface area contributed by atoms with Crippen molar-refractivity contribution >= 4 is 29.1 Å². The number of carbonyl (C=O) groups excluding carboxylic acids is 1. The molecule has 0 unspecified atom stereocenters. The maximum absolute atomic E-state index is 12.7. The smallest absolute Gasteiger partial charge is 0.253 e. The van der Waals surface area contributed by atoms with Gasteiger partial charge in [-0.1, -0.05) is 35.3 Å². The predicted molar refractivity (Wildman–Crippen MR) is 111 cm³/mol. The van der Waals surface area contributed by atoms with Gasteiger partial charge in [-0.15, -0.1) is 0 Å². The van der Waals surface area contributed by atoms with Crippen LogP contribution in [0.1, 0.15) is 39.9 Å².